The first-order valence-corrected chi connectivity index (χ1v) is 8.17. The van der Waals surface area contributed by atoms with Gasteiger partial charge in [0.1, 0.15) is 5.75 Å². The summed E-state index contributed by atoms with van der Waals surface area (Å²) in [6.07, 6.45) is 5.06. The summed E-state index contributed by atoms with van der Waals surface area (Å²) in [5, 5.41) is 3.14. The van der Waals surface area contributed by atoms with Crippen LogP contribution >= 0.6 is 0 Å². The van der Waals surface area contributed by atoms with Gasteiger partial charge < -0.3 is 15.0 Å². The van der Waals surface area contributed by atoms with Gasteiger partial charge in [0.15, 0.2) is 0 Å². The van der Waals surface area contributed by atoms with E-state index < -0.39 is 0 Å². The van der Waals surface area contributed by atoms with Gasteiger partial charge in [0.05, 0.1) is 12.5 Å². The van der Waals surface area contributed by atoms with E-state index >= 15 is 0 Å². The molecule has 0 aliphatic heterocycles. The lowest BCUT2D eigenvalue weighted by atomic mass is 9.63. The smallest absolute Gasteiger partial charge is 0.230 e. The zero-order valence-electron chi connectivity index (χ0n) is 14.0. The van der Waals surface area contributed by atoms with Crippen LogP contribution in [0.3, 0.4) is 0 Å². The lowest BCUT2D eigenvalue weighted by Gasteiger charge is -2.41. The van der Waals surface area contributed by atoms with Gasteiger partial charge in [-0.1, -0.05) is 24.6 Å². The van der Waals surface area contributed by atoms with Crippen LogP contribution in [-0.2, 0) is 10.2 Å². The molecule has 1 aliphatic rings. The summed E-state index contributed by atoms with van der Waals surface area (Å²) >= 11 is 0. The predicted molar refractivity (Wildman–Crippen MR) is 89.3 cm³/mol. The molecule has 0 saturated heterocycles. The Kier molecular flexibility index (Phi) is 5.83. The zero-order chi connectivity index (χ0) is 16.0. The molecule has 1 aromatic carbocycles. The van der Waals surface area contributed by atoms with Gasteiger partial charge in [0, 0.05) is 12.1 Å². The molecule has 0 bridgehead atoms. The fourth-order valence-corrected chi connectivity index (χ4v) is 3.11. The first kappa shape index (κ1) is 16.8. The Hall–Kier alpha value is -1.55. The summed E-state index contributed by atoms with van der Waals surface area (Å²) in [5.74, 6) is 0.984. The topological polar surface area (TPSA) is 41.6 Å². The Bertz CT molecular complexity index is 496. The van der Waals surface area contributed by atoms with E-state index in [1.807, 2.05) is 24.3 Å². The van der Waals surface area contributed by atoms with Crippen molar-refractivity contribution >= 4 is 5.91 Å². The Morgan fingerprint density at radius 3 is 2.59 bits per heavy atom. The normalized spacial score (nSPS) is 16.2. The van der Waals surface area contributed by atoms with Crippen LogP contribution in [-0.4, -0.2) is 45.1 Å². The second kappa shape index (κ2) is 7.63. The minimum Gasteiger partial charge on any atom is -0.496 e. The minimum atomic E-state index is -0.381. The third-order valence-electron chi connectivity index (χ3n) is 4.58. The molecule has 0 unspecified atom stereocenters. The number of amides is 1. The third-order valence-corrected chi connectivity index (χ3v) is 4.58. The number of para-hydroxylation sites is 1. The molecule has 1 N–H and O–H groups in total. The number of nitrogens with one attached hydrogen (secondary N) is 1. The van der Waals surface area contributed by atoms with E-state index in [0.717, 1.165) is 56.5 Å². The molecule has 0 spiro atoms. The molecule has 4 nitrogen and oxygen atoms in total. The van der Waals surface area contributed by atoms with E-state index in [1.165, 1.54) is 0 Å². The molecule has 1 fully saturated rings. The molecule has 0 heterocycles. The van der Waals surface area contributed by atoms with Crippen LogP contribution in [0.25, 0.3) is 0 Å². The fraction of sp³-hybridized carbons (Fsp3) is 0.611. The molecule has 4 heteroatoms. The van der Waals surface area contributed by atoms with Gasteiger partial charge in [-0.05, 0) is 52.4 Å². The number of benzene rings is 1. The highest BCUT2D eigenvalue weighted by atomic mass is 16.5. The fourth-order valence-electron chi connectivity index (χ4n) is 3.11. The summed E-state index contributed by atoms with van der Waals surface area (Å²) < 4.78 is 5.46. The largest absolute Gasteiger partial charge is 0.496 e. The van der Waals surface area contributed by atoms with Crippen LogP contribution in [0.2, 0.25) is 0 Å². The minimum absolute atomic E-state index is 0.160. The van der Waals surface area contributed by atoms with E-state index in [1.54, 1.807) is 7.11 Å². The van der Waals surface area contributed by atoms with Gasteiger partial charge in [0.25, 0.3) is 0 Å². The number of hydrogen-bond acceptors (Lipinski definition) is 3. The van der Waals surface area contributed by atoms with Crippen molar-refractivity contribution < 1.29 is 9.53 Å². The molecule has 0 atom stereocenters. The number of nitrogens with zero attached hydrogens (tertiary/aromatic N) is 1. The Morgan fingerprint density at radius 1 is 1.27 bits per heavy atom. The van der Waals surface area contributed by atoms with Crippen LogP contribution in [0.1, 0.15) is 37.7 Å². The molecule has 0 aromatic heterocycles. The van der Waals surface area contributed by atoms with Gasteiger partial charge in [-0.2, -0.15) is 0 Å². The van der Waals surface area contributed by atoms with E-state index in [2.05, 4.69) is 24.3 Å². The maximum absolute atomic E-state index is 12.7. The average molecular weight is 304 g/mol. The Morgan fingerprint density at radius 2 is 2.00 bits per heavy atom. The van der Waals surface area contributed by atoms with Crippen LogP contribution in [0, 0.1) is 0 Å². The number of hydrogen-bond donors (Lipinski definition) is 1. The molecule has 122 valence electrons. The molecular weight excluding hydrogens is 276 g/mol. The second-order valence-corrected chi connectivity index (χ2v) is 6.40. The zero-order valence-corrected chi connectivity index (χ0v) is 14.0. The molecule has 1 aromatic rings. The highest BCUT2D eigenvalue weighted by Gasteiger charge is 2.47. The number of rotatable bonds is 8. The molecule has 0 radical (unpaired) electrons. The van der Waals surface area contributed by atoms with Crippen LogP contribution < -0.4 is 10.1 Å². The highest BCUT2D eigenvalue weighted by Crippen LogP contribution is 2.47. The molecule has 1 aliphatic carbocycles. The monoisotopic (exact) mass is 304 g/mol. The van der Waals surface area contributed by atoms with Crippen molar-refractivity contribution in [1.29, 1.82) is 0 Å². The van der Waals surface area contributed by atoms with Crippen molar-refractivity contribution in [3.05, 3.63) is 29.8 Å². The van der Waals surface area contributed by atoms with Crippen LogP contribution in [0.5, 0.6) is 5.75 Å². The maximum atomic E-state index is 12.7. The van der Waals surface area contributed by atoms with Crippen molar-refractivity contribution in [2.75, 3.05) is 34.3 Å². The van der Waals surface area contributed by atoms with Crippen molar-refractivity contribution in [1.82, 2.24) is 10.2 Å². The van der Waals surface area contributed by atoms with Crippen molar-refractivity contribution in [3.8, 4) is 5.75 Å². The Labute approximate surface area is 133 Å². The van der Waals surface area contributed by atoms with Gasteiger partial charge >= 0.3 is 0 Å². The third kappa shape index (κ3) is 3.61. The number of carbonyl (C=O) groups is 1. The summed E-state index contributed by atoms with van der Waals surface area (Å²) in [4.78, 5) is 14.9. The summed E-state index contributed by atoms with van der Waals surface area (Å²) in [6, 6.07) is 7.92. The lowest BCUT2D eigenvalue weighted by Crippen LogP contribution is -2.49. The summed E-state index contributed by atoms with van der Waals surface area (Å²) in [5.41, 5.74) is 0.656. The molecule has 1 amide bonds. The lowest BCUT2D eigenvalue weighted by molar-refractivity contribution is -0.130. The number of unbranched alkanes of at least 4 members (excludes halogenated alkanes) is 1. The SMILES string of the molecule is COc1ccccc1C1(C(=O)NCCCCN(C)C)CCC1. The first-order valence-electron chi connectivity index (χ1n) is 8.17. The quantitative estimate of drug-likeness (QED) is 0.751. The van der Waals surface area contributed by atoms with Gasteiger partial charge in [-0.3, -0.25) is 4.79 Å². The summed E-state index contributed by atoms with van der Waals surface area (Å²) in [7, 11) is 5.82. The van der Waals surface area contributed by atoms with Crippen LogP contribution in [0.4, 0.5) is 0 Å². The van der Waals surface area contributed by atoms with E-state index in [-0.39, 0.29) is 11.3 Å². The maximum Gasteiger partial charge on any atom is 0.230 e. The van der Waals surface area contributed by atoms with Gasteiger partial charge in [-0.15, -0.1) is 0 Å². The van der Waals surface area contributed by atoms with Gasteiger partial charge in [-0.25, -0.2) is 0 Å². The number of methoxy groups -OCH3 is 1. The van der Waals surface area contributed by atoms with Crippen molar-refractivity contribution in [2.24, 2.45) is 0 Å². The van der Waals surface area contributed by atoms with Crippen molar-refractivity contribution in [3.63, 3.8) is 0 Å². The second-order valence-electron chi connectivity index (χ2n) is 6.40. The van der Waals surface area contributed by atoms with E-state index in [9.17, 15) is 4.79 Å². The van der Waals surface area contributed by atoms with Crippen molar-refractivity contribution in [2.45, 2.75) is 37.5 Å². The molecular formula is C18H28N2O2. The molecule has 1 saturated carbocycles. The molecule has 2 rings (SSSR count). The summed E-state index contributed by atoms with van der Waals surface area (Å²) in [6.45, 7) is 1.82. The van der Waals surface area contributed by atoms with Gasteiger partial charge in [0.2, 0.25) is 5.91 Å². The van der Waals surface area contributed by atoms with E-state index in [0.29, 0.717) is 0 Å². The Balaban J connectivity index is 1.96. The predicted octanol–water partition coefficient (Wildman–Crippen LogP) is 2.57. The number of carbonyl (C=O) groups excluding carboxylic acids is 1. The molecule has 22 heavy (non-hydrogen) atoms. The van der Waals surface area contributed by atoms with E-state index in [4.69, 9.17) is 4.74 Å². The average Bonchev–Trinajstić information content (AvgIpc) is 2.46. The number of ether oxygens (including phenoxy) is 1. The van der Waals surface area contributed by atoms with Crippen LogP contribution in [0.15, 0.2) is 24.3 Å². The first-order chi connectivity index (χ1) is 10.6. The highest BCUT2D eigenvalue weighted by molar-refractivity contribution is 5.90. The standard InChI is InChI=1S/C18H28N2O2/c1-20(2)14-7-6-13-19-17(21)18(11-8-12-18)15-9-4-5-10-16(15)22-3/h4-5,9-10H,6-8,11-14H2,1-3H3,(H,19,21).